The Morgan fingerprint density at radius 2 is 0.875 bits per heavy atom. The lowest BCUT2D eigenvalue weighted by molar-refractivity contribution is -0.138. The second kappa shape index (κ2) is 32.5. The molecule has 0 radical (unpaired) electrons. The fourth-order valence-corrected chi connectivity index (χ4v) is 0.0833. The largest absolute Gasteiger partial charge is 0.507 e. The molecule has 0 aliphatic rings. The second-order valence-electron chi connectivity index (χ2n) is 3.21. The van der Waals surface area contributed by atoms with Crippen LogP contribution in [0.25, 0.3) is 0 Å². The molecular weight excluding hydrogens is 328 g/mol. The Morgan fingerprint density at radius 1 is 0.708 bits per heavy atom. The predicted molar refractivity (Wildman–Crippen MR) is 85.7 cm³/mol. The van der Waals surface area contributed by atoms with Gasteiger partial charge in [0.1, 0.15) is 0 Å². The van der Waals surface area contributed by atoms with E-state index >= 15 is 0 Å². The first kappa shape index (κ1) is 33.3. The molecule has 0 fully saturated rings. The minimum absolute atomic E-state index is 0.222. The van der Waals surface area contributed by atoms with Crippen LogP contribution >= 0.6 is 0 Å². The van der Waals surface area contributed by atoms with Crippen LogP contribution in [0.3, 0.4) is 0 Å². The first-order valence-electron chi connectivity index (χ1n) is 6.37. The second-order valence-corrected chi connectivity index (χ2v) is 3.21. The smallest absolute Gasteiger partial charge is 0.481 e. The van der Waals surface area contributed by atoms with Gasteiger partial charge in [-0.25, -0.2) is 4.79 Å². The summed E-state index contributed by atoms with van der Waals surface area (Å²) in [5, 5.41) is 7.72. The number of carboxylic acids is 1. The molecule has 0 rings (SSSR count). The normalized spacial score (nSPS) is 6.88. The molecule has 0 heterocycles. The summed E-state index contributed by atoms with van der Waals surface area (Å²) in [7, 11) is 8.46. The van der Waals surface area contributed by atoms with Crippen molar-refractivity contribution in [1.82, 2.24) is 0 Å². The molecule has 10 heteroatoms. The number of hydrogen-bond acceptors (Lipinski definition) is 9. The number of hydrogen-bond donors (Lipinski definition) is 1. The summed E-state index contributed by atoms with van der Waals surface area (Å²) in [6, 6.07) is 0. The summed E-state index contributed by atoms with van der Waals surface area (Å²) in [5.74, 6) is -1.24. The monoisotopic (exact) mass is 358 g/mol. The van der Waals surface area contributed by atoms with Gasteiger partial charge in [-0.1, -0.05) is 6.92 Å². The molecule has 146 valence electrons. The molecule has 24 heavy (non-hydrogen) atoms. The Morgan fingerprint density at radius 3 is 0.875 bits per heavy atom. The van der Waals surface area contributed by atoms with Crippen molar-refractivity contribution in [1.29, 1.82) is 0 Å². The van der Waals surface area contributed by atoms with Crippen molar-refractivity contribution in [2.24, 2.45) is 0 Å². The average Bonchev–Trinajstić information content (AvgIpc) is 2.56. The van der Waals surface area contributed by atoms with E-state index < -0.39 is 12.1 Å². The van der Waals surface area contributed by atoms with Crippen LogP contribution in [-0.4, -0.2) is 71.8 Å². The number of carbonyl (C=O) groups excluding carboxylic acids is 3. The highest BCUT2D eigenvalue weighted by atomic mass is 16.7. The summed E-state index contributed by atoms with van der Waals surface area (Å²) in [6.07, 6.45) is -0.435. The van der Waals surface area contributed by atoms with Gasteiger partial charge in [-0.2, -0.15) is 0 Å². The number of carbonyl (C=O) groups is 4. The highest BCUT2D eigenvalue weighted by molar-refractivity contribution is 5.66. The zero-order valence-electron chi connectivity index (χ0n) is 15.8. The van der Waals surface area contributed by atoms with Crippen molar-refractivity contribution in [3.05, 3.63) is 0 Å². The molecule has 0 saturated heterocycles. The zero-order chi connectivity index (χ0) is 20.6. The first-order valence-corrected chi connectivity index (χ1v) is 6.37. The van der Waals surface area contributed by atoms with Gasteiger partial charge in [-0.05, 0) is 0 Å². The Bertz CT molecular complexity index is 263. The van der Waals surface area contributed by atoms with E-state index in [1.807, 2.05) is 0 Å². The van der Waals surface area contributed by atoms with Gasteiger partial charge in [0.05, 0.1) is 28.4 Å². The van der Waals surface area contributed by atoms with E-state index in [9.17, 15) is 19.2 Å². The Kier molecular flexibility index (Phi) is 45.2. The molecule has 0 saturated carbocycles. The zero-order valence-corrected chi connectivity index (χ0v) is 15.8. The minimum atomic E-state index is -0.745. The van der Waals surface area contributed by atoms with E-state index in [1.54, 1.807) is 21.1 Å². The van der Waals surface area contributed by atoms with Gasteiger partial charge in [0.25, 0.3) is 0 Å². The van der Waals surface area contributed by atoms with E-state index in [4.69, 9.17) is 5.11 Å². The fourth-order valence-electron chi connectivity index (χ4n) is 0.0833. The van der Waals surface area contributed by atoms with E-state index in [1.165, 1.54) is 42.3 Å². The molecule has 0 unspecified atom stereocenters. The summed E-state index contributed by atoms with van der Waals surface area (Å²) in [4.78, 5) is 38.3. The van der Waals surface area contributed by atoms with Crippen LogP contribution in [0.15, 0.2) is 0 Å². The van der Waals surface area contributed by atoms with E-state index in [0.29, 0.717) is 0 Å². The van der Waals surface area contributed by atoms with Gasteiger partial charge in [-0.15, -0.1) is 0 Å². The SMILES string of the molecule is CCC(=O)O.COC.COC(=O)OC.COC(C)=O.COC(C)=O. The van der Waals surface area contributed by atoms with Gasteiger partial charge in [-0.3, -0.25) is 14.4 Å². The van der Waals surface area contributed by atoms with Crippen LogP contribution in [0.2, 0.25) is 0 Å². The lowest BCUT2D eigenvalue weighted by Crippen LogP contribution is -1.97. The number of aliphatic carboxylic acids is 1. The quantitative estimate of drug-likeness (QED) is 0.542. The van der Waals surface area contributed by atoms with Crippen molar-refractivity contribution in [2.45, 2.75) is 27.2 Å². The molecule has 0 amide bonds. The van der Waals surface area contributed by atoms with Gasteiger partial charge < -0.3 is 28.8 Å². The van der Waals surface area contributed by atoms with E-state index in [2.05, 4.69) is 23.7 Å². The minimum Gasteiger partial charge on any atom is -0.481 e. The number of esters is 2. The van der Waals surface area contributed by atoms with Gasteiger partial charge >= 0.3 is 24.1 Å². The lowest BCUT2D eigenvalue weighted by atomic mass is 10.5. The molecule has 0 spiro atoms. The maximum absolute atomic E-state index is 9.74. The molecule has 0 aromatic heterocycles. The van der Waals surface area contributed by atoms with E-state index in [0.717, 1.165) is 0 Å². The molecule has 0 aliphatic heterocycles. The highest BCUT2D eigenvalue weighted by Crippen LogP contribution is 1.72. The Balaban J connectivity index is -0.0000000636. The number of methoxy groups -OCH3 is 5. The summed E-state index contributed by atoms with van der Waals surface area (Å²) >= 11 is 0. The molecule has 0 bridgehead atoms. The van der Waals surface area contributed by atoms with E-state index in [-0.39, 0.29) is 18.4 Å². The third-order valence-electron chi connectivity index (χ3n) is 1.21. The molecule has 0 atom stereocenters. The third-order valence-corrected chi connectivity index (χ3v) is 1.21. The fraction of sp³-hybridized carbons (Fsp3) is 0.714. The van der Waals surface area contributed by atoms with Gasteiger partial charge in [0, 0.05) is 34.5 Å². The topological polar surface area (TPSA) is 135 Å². The van der Waals surface area contributed by atoms with Gasteiger partial charge in [0.15, 0.2) is 0 Å². The van der Waals surface area contributed by atoms with Crippen molar-refractivity contribution in [2.75, 3.05) is 42.7 Å². The van der Waals surface area contributed by atoms with Crippen molar-refractivity contribution in [3.63, 3.8) is 0 Å². The van der Waals surface area contributed by atoms with Crippen LogP contribution in [0.5, 0.6) is 0 Å². The van der Waals surface area contributed by atoms with Crippen molar-refractivity contribution in [3.8, 4) is 0 Å². The summed E-state index contributed by atoms with van der Waals surface area (Å²) in [6.45, 7) is 4.32. The third kappa shape index (κ3) is 117. The van der Waals surface area contributed by atoms with Crippen LogP contribution in [-0.2, 0) is 38.1 Å². The summed E-state index contributed by atoms with van der Waals surface area (Å²) in [5.41, 5.74) is 0. The Hall–Kier alpha value is -2.36. The molecule has 10 nitrogen and oxygen atoms in total. The van der Waals surface area contributed by atoms with Crippen LogP contribution < -0.4 is 0 Å². The van der Waals surface area contributed by atoms with Crippen LogP contribution in [0.4, 0.5) is 4.79 Å². The molecule has 1 N–H and O–H groups in total. The highest BCUT2D eigenvalue weighted by Gasteiger charge is 1.88. The van der Waals surface area contributed by atoms with Crippen LogP contribution in [0, 0.1) is 0 Å². The maximum atomic E-state index is 9.74. The lowest BCUT2D eigenvalue weighted by Gasteiger charge is -1.89. The van der Waals surface area contributed by atoms with Crippen LogP contribution in [0.1, 0.15) is 27.2 Å². The predicted octanol–water partition coefficient (Wildman–Crippen LogP) is 1.50. The molecular formula is C14H30O10. The summed E-state index contributed by atoms with van der Waals surface area (Å²) < 4.78 is 20.5. The average molecular weight is 358 g/mol. The maximum Gasteiger partial charge on any atom is 0.507 e. The van der Waals surface area contributed by atoms with Crippen molar-refractivity contribution >= 4 is 24.1 Å². The number of rotatable bonds is 1. The molecule has 0 aromatic rings. The molecule has 0 aliphatic carbocycles. The first-order chi connectivity index (χ1) is 11.0. The molecule has 0 aromatic carbocycles. The Labute approximate surface area is 143 Å². The van der Waals surface area contributed by atoms with Crippen molar-refractivity contribution < 1.29 is 48.0 Å². The number of ether oxygens (including phenoxy) is 5. The number of carboxylic acid groups (broad SMARTS) is 1. The van der Waals surface area contributed by atoms with Gasteiger partial charge in [0.2, 0.25) is 0 Å². The standard InChI is InChI=1S/C3H6O3.3C3H6O2.C2H6O/c1-5-3(4)6-2;2*1-3(4)5-2;1-2-3(4)5;1-3-2/h1-2H3;2*1-2H3;2H2,1H3,(H,4,5);1-2H3.